The predicted molar refractivity (Wildman–Crippen MR) is 71.5 cm³/mol. The SMILES string of the molecule is CCC(C=O)CC(Cl)(Cl)CC(C)(CC(=O)O)C(=O)O. The van der Waals surface area contributed by atoms with Crippen molar-refractivity contribution in [3.05, 3.63) is 0 Å². The standard InChI is InChI=1S/C12H18Cl2O5/c1-3-8(6-15)4-12(13,14)7-11(2,10(18)19)5-9(16)17/h6,8H,3-5,7H2,1-2H3,(H,16,17)(H,18,19). The second-order valence-corrected chi connectivity index (χ2v) is 6.62. The maximum atomic E-state index is 11.2. The van der Waals surface area contributed by atoms with Gasteiger partial charge in [0.25, 0.3) is 0 Å². The van der Waals surface area contributed by atoms with Gasteiger partial charge in [0, 0.05) is 5.92 Å². The Morgan fingerprint density at radius 2 is 1.84 bits per heavy atom. The van der Waals surface area contributed by atoms with Crippen LogP contribution in [0.2, 0.25) is 0 Å². The molecule has 2 N–H and O–H groups in total. The molecule has 5 nitrogen and oxygen atoms in total. The summed E-state index contributed by atoms with van der Waals surface area (Å²) >= 11 is 12.1. The Bertz CT molecular complexity index is 356. The van der Waals surface area contributed by atoms with Crippen LogP contribution in [0.4, 0.5) is 0 Å². The highest BCUT2D eigenvalue weighted by Gasteiger charge is 2.43. The first-order valence-electron chi connectivity index (χ1n) is 5.84. The Kier molecular flexibility index (Phi) is 6.80. The second-order valence-electron chi connectivity index (χ2n) is 4.98. The molecular formula is C12H18Cl2O5. The molecule has 0 aliphatic rings. The summed E-state index contributed by atoms with van der Waals surface area (Å²) in [6, 6.07) is 0. The molecule has 0 aliphatic heterocycles. The van der Waals surface area contributed by atoms with Crippen LogP contribution in [-0.2, 0) is 14.4 Å². The van der Waals surface area contributed by atoms with Crippen LogP contribution in [0.5, 0.6) is 0 Å². The molecule has 0 saturated heterocycles. The van der Waals surface area contributed by atoms with Gasteiger partial charge in [-0.1, -0.05) is 6.92 Å². The lowest BCUT2D eigenvalue weighted by Crippen LogP contribution is -2.37. The molecule has 0 aromatic rings. The van der Waals surface area contributed by atoms with Crippen LogP contribution in [0.1, 0.15) is 39.5 Å². The molecule has 0 radical (unpaired) electrons. The van der Waals surface area contributed by atoms with Gasteiger partial charge in [-0.3, -0.25) is 9.59 Å². The Morgan fingerprint density at radius 3 is 2.16 bits per heavy atom. The van der Waals surface area contributed by atoms with E-state index < -0.39 is 28.1 Å². The predicted octanol–water partition coefficient (Wildman–Crippen LogP) is 2.73. The van der Waals surface area contributed by atoms with Gasteiger partial charge in [-0.2, -0.15) is 0 Å². The van der Waals surface area contributed by atoms with Crippen LogP contribution in [0.15, 0.2) is 0 Å². The molecule has 0 aromatic carbocycles. The maximum Gasteiger partial charge on any atom is 0.310 e. The van der Waals surface area contributed by atoms with Gasteiger partial charge in [0.15, 0.2) is 0 Å². The van der Waals surface area contributed by atoms with Gasteiger partial charge in [0.05, 0.1) is 11.8 Å². The Hall–Kier alpha value is -0.810. The molecule has 2 unspecified atom stereocenters. The lowest BCUT2D eigenvalue weighted by atomic mass is 9.80. The van der Waals surface area contributed by atoms with Crippen LogP contribution < -0.4 is 0 Å². The molecule has 0 amide bonds. The van der Waals surface area contributed by atoms with Crippen molar-refractivity contribution in [3.8, 4) is 0 Å². The monoisotopic (exact) mass is 312 g/mol. The second kappa shape index (κ2) is 7.10. The molecule has 2 atom stereocenters. The van der Waals surface area contributed by atoms with E-state index in [1.54, 1.807) is 6.92 Å². The average molecular weight is 313 g/mol. The molecule has 19 heavy (non-hydrogen) atoms. The number of aliphatic carboxylic acids is 2. The van der Waals surface area contributed by atoms with E-state index in [4.69, 9.17) is 33.4 Å². The summed E-state index contributed by atoms with van der Waals surface area (Å²) in [7, 11) is 0. The first-order valence-corrected chi connectivity index (χ1v) is 6.60. The molecule has 0 rings (SSSR count). The van der Waals surface area contributed by atoms with Crippen LogP contribution in [-0.4, -0.2) is 32.8 Å². The van der Waals surface area contributed by atoms with E-state index in [0.717, 1.165) is 6.29 Å². The van der Waals surface area contributed by atoms with E-state index in [2.05, 4.69) is 0 Å². The minimum Gasteiger partial charge on any atom is -0.481 e. The number of hydrogen-bond donors (Lipinski definition) is 2. The van der Waals surface area contributed by atoms with Gasteiger partial charge in [-0.05, 0) is 26.2 Å². The topological polar surface area (TPSA) is 91.7 Å². The van der Waals surface area contributed by atoms with Gasteiger partial charge in [-0.15, -0.1) is 23.2 Å². The van der Waals surface area contributed by atoms with Crippen LogP contribution in [0.25, 0.3) is 0 Å². The van der Waals surface area contributed by atoms with Crippen molar-refractivity contribution >= 4 is 41.4 Å². The number of carbonyl (C=O) groups excluding carboxylic acids is 1. The number of alkyl halides is 2. The number of carboxylic acid groups (broad SMARTS) is 2. The number of carbonyl (C=O) groups is 3. The molecule has 0 heterocycles. The summed E-state index contributed by atoms with van der Waals surface area (Å²) in [5, 5.41) is 17.9. The number of halogens is 2. The van der Waals surface area contributed by atoms with Crippen molar-refractivity contribution in [2.75, 3.05) is 0 Å². The molecule has 110 valence electrons. The highest BCUT2D eigenvalue weighted by molar-refractivity contribution is 6.48. The van der Waals surface area contributed by atoms with E-state index in [-0.39, 0.29) is 18.8 Å². The average Bonchev–Trinajstić information content (AvgIpc) is 2.23. The molecule has 0 saturated carbocycles. The Labute approximate surface area is 121 Å². The van der Waals surface area contributed by atoms with Crippen LogP contribution >= 0.6 is 23.2 Å². The third kappa shape index (κ3) is 6.25. The van der Waals surface area contributed by atoms with Gasteiger partial charge < -0.3 is 15.0 Å². The van der Waals surface area contributed by atoms with Crippen molar-refractivity contribution < 1.29 is 24.6 Å². The van der Waals surface area contributed by atoms with E-state index in [9.17, 15) is 14.4 Å². The highest BCUT2D eigenvalue weighted by atomic mass is 35.5. The van der Waals surface area contributed by atoms with Crippen molar-refractivity contribution in [2.45, 2.75) is 43.9 Å². The fraction of sp³-hybridized carbons (Fsp3) is 0.750. The van der Waals surface area contributed by atoms with Crippen molar-refractivity contribution in [2.24, 2.45) is 11.3 Å². The summed E-state index contributed by atoms with van der Waals surface area (Å²) in [5.74, 6) is -2.89. The first kappa shape index (κ1) is 18.2. The molecule has 7 heteroatoms. The molecule has 0 fully saturated rings. The van der Waals surface area contributed by atoms with Gasteiger partial charge in [0.2, 0.25) is 0 Å². The smallest absolute Gasteiger partial charge is 0.310 e. The lowest BCUT2D eigenvalue weighted by molar-refractivity contribution is -0.155. The number of aldehydes is 1. The normalized spacial score (nSPS) is 16.4. The summed E-state index contributed by atoms with van der Waals surface area (Å²) in [4.78, 5) is 32.7. The zero-order valence-corrected chi connectivity index (χ0v) is 12.4. The first-order chi connectivity index (χ1) is 8.56. The largest absolute Gasteiger partial charge is 0.481 e. The van der Waals surface area contributed by atoms with Gasteiger partial charge in [0.1, 0.15) is 10.6 Å². The maximum absolute atomic E-state index is 11.2. The van der Waals surface area contributed by atoms with E-state index >= 15 is 0 Å². The van der Waals surface area contributed by atoms with Crippen LogP contribution in [0, 0.1) is 11.3 Å². The zero-order valence-electron chi connectivity index (χ0n) is 10.9. The van der Waals surface area contributed by atoms with E-state index in [0.29, 0.717) is 6.42 Å². The molecule has 0 bridgehead atoms. The fourth-order valence-corrected chi connectivity index (χ4v) is 2.85. The molecule has 0 spiro atoms. The zero-order chi connectivity index (χ0) is 15.3. The van der Waals surface area contributed by atoms with Crippen molar-refractivity contribution in [3.63, 3.8) is 0 Å². The highest BCUT2D eigenvalue weighted by Crippen LogP contribution is 2.42. The molecular weight excluding hydrogens is 295 g/mol. The number of rotatable bonds is 9. The van der Waals surface area contributed by atoms with Gasteiger partial charge in [-0.25, -0.2) is 0 Å². The fourth-order valence-electron chi connectivity index (χ4n) is 1.86. The van der Waals surface area contributed by atoms with Gasteiger partial charge >= 0.3 is 11.9 Å². The molecule has 0 aromatic heterocycles. The van der Waals surface area contributed by atoms with E-state index in [1.807, 2.05) is 0 Å². The minimum absolute atomic E-state index is 0.0958. The van der Waals surface area contributed by atoms with Crippen molar-refractivity contribution in [1.82, 2.24) is 0 Å². The summed E-state index contributed by atoms with van der Waals surface area (Å²) < 4.78 is -1.45. The van der Waals surface area contributed by atoms with E-state index in [1.165, 1.54) is 6.92 Å². The summed E-state index contributed by atoms with van der Waals surface area (Å²) in [6.07, 6.45) is 0.525. The third-order valence-corrected chi connectivity index (χ3v) is 3.56. The number of hydrogen-bond acceptors (Lipinski definition) is 3. The minimum atomic E-state index is -1.57. The van der Waals surface area contributed by atoms with Crippen molar-refractivity contribution in [1.29, 1.82) is 0 Å². The van der Waals surface area contributed by atoms with Crippen LogP contribution in [0.3, 0.4) is 0 Å². The summed E-state index contributed by atoms with van der Waals surface area (Å²) in [6.45, 7) is 3.07. The Balaban J connectivity index is 4.96. The lowest BCUT2D eigenvalue weighted by Gasteiger charge is -2.31. The quantitative estimate of drug-likeness (QED) is 0.504. The number of carboxylic acids is 2. The molecule has 0 aliphatic carbocycles. The summed E-state index contributed by atoms with van der Waals surface area (Å²) in [5.41, 5.74) is -1.57. The third-order valence-electron chi connectivity index (χ3n) is 2.98. The Morgan fingerprint density at radius 1 is 1.32 bits per heavy atom.